The summed E-state index contributed by atoms with van der Waals surface area (Å²) < 4.78 is 6.98. The molecule has 0 fully saturated rings. The van der Waals surface area contributed by atoms with Gasteiger partial charge >= 0.3 is 29.6 Å². The van der Waals surface area contributed by atoms with Gasteiger partial charge in [0.15, 0.2) is 23.3 Å². The van der Waals surface area contributed by atoms with Gasteiger partial charge in [0.05, 0.1) is 43.9 Å². The van der Waals surface area contributed by atoms with E-state index >= 15 is 0 Å². The first-order valence-corrected chi connectivity index (χ1v) is 43.5. The number of nitrogens with one attached hydrogen (secondary N) is 1. The van der Waals surface area contributed by atoms with Gasteiger partial charge in [-0.2, -0.15) is 19.9 Å². The van der Waals surface area contributed by atoms with E-state index in [4.69, 9.17) is 31.5 Å². The molecular formula is C116H72ClN10Na. The molecule has 128 heavy (non-hydrogen) atoms. The molecule has 6 aromatic heterocycles. The maximum atomic E-state index is 6.49. The molecule has 4 aliphatic carbocycles. The minimum Gasteiger partial charge on any atom is -1.00 e. The fourth-order valence-corrected chi connectivity index (χ4v) is 22.0. The smallest absolute Gasteiger partial charge is 1.00 e. The topological polar surface area (TPSA) is 108 Å². The SMILES string of the molecule is Clc1nc(-c2ccccc2)nc(-c2cccc3c2-c2ccccc2C32c3ccccc3-c3ccccc32)n1.[H-].[Na+].c1ccc(-c2nc(-c3cccc4c3-c3ccccc3C43c4ccccc4-c4ccccc43)nc(-n3c4ccccc4c4cc5c6ccccc6n(-c6ccccc6)c5cc43)n2)cc1.c1ccc(-n2c3ccccc3c3cc4c(cc32)[nH]c2ccccc24)cc1. The Kier molecular flexibility index (Phi) is 17.3. The molecule has 18 aromatic carbocycles. The second-order valence-corrected chi connectivity index (χ2v) is 33.5. The van der Waals surface area contributed by atoms with Crippen molar-refractivity contribution in [1.82, 2.24) is 48.6 Å². The van der Waals surface area contributed by atoms with Crippen LogP contribution in [0.3, 0.4) is 0 Å². The third-order valence-corrected chi connectivity index (χ3v) is 27.0. The van der Waals surface area contributed by atoms with Crippen LogP contribution in [0.5, 0.6) is 0 Å². The second-order valence-electron chi connectivity index (χ2n) is 33.2. The van der Waals surface area contributed by atoms with Crippen LogP contribution in [0, 0.1) is 0 Å². The Labute approximate surface area is 764 Å². The molecule has 0 unspecified atom stereocenters. The Morgan fingerprint density at radius 3 is 0.992 bits per heavy atom. The van der Waals surface area contributed by atoms with Crippen molar-refractivity contribution in [3.8, 4) is 107 Å². The van der Waals surface area contributed by atoms with E-state index in [1.165, 1.54) is 143 Å². The zero-order valence-corrected chi connectivity index (χ0v) is 72.1. The predicted molar refractivity (Wildman–Crippen MR) is 519 cm³/mol. The summed E-state index contributed by atoms with van der Waals surface area (Å²) in [6, 6.07) is 152. The zero-order chi connectivity index (χ0) is 83.6. The first kappa shape index (κ1) is 75.0. The molecular weight excluding hydrogens is 1590 g/mol. The first-order valence-electron chi connectivity index (χ1n) is 43.1. The summed E-state index contributed by atoms with van der Waals surface area (Å²) in [4.78, 5) is 33.9. The number of benzene rings is 18. The van der Waals surface area contributed by atoms with Gasteiger partial charge in [0, 0.05) is 87.8 Å². The van der Waals surface area contributed by atoms with Gasteiger partial charge in [0.2, 0.25) is 11.2 Å². The Morgan fingerprint density at radius 2 is 0.531 bits per heavy atom. The van der Waals surface area contributed by atoms with Gasteiger partial charge in [-0.3, -0.25) is 4.57 Å². The van der Waals surface area contributed by atoms with Crippen molar-refractivity contribution < 1.29 is 31.0 Å². The molecule has 0 aliphatic heterocycles. The minimum atomic E-state index is -0.483. The van der Waals surface area contributed by atoms with Crippen LogP contribution in [0.4, 0.5) is 0 Å². The molecule has 24 aromatic rings. The summed E-state index contributed by atoms with van der Waals surface area (Å²) in [7, 11) is 0. The molecule has 6 heterocycles. The fourth-order valence-electron chi connectivity index (χ4n) is 21.8. The summed E-state index contributed by atoms with van der Waals surface area (Å²) >= 11 is 6.49. The summed E-state index contributed by atoms with van der Waals surface area (Å²) in [5.41, 5.74) is 34.5. The van der Waals surface area contributed by atoms with Gasteiger partial charge in [0.1, 0.15) is 0 Å². The molecule has 28 rings (SSSR count). The van der Waals surface area contributed by atoms with Crippen molar-refractivity contribution >= 4 is 98.8 Å². The number of aromatic amines is 1. The van der Waals surface area contributed by atoms with Crippen molar-refractivity contribution in [3.63, 3.8) is 0 Å². The normalized spacial score (nSPS) is 12.9. The molecule has 0 atom stereocenters. The largest absolute Gasteiger partial charge is 1.00 e. The van der Waals surface area contributed by atoms with Gasteiger partial charge in [-0.15, -0.1) is 0 Å². The number of hydrogen-bond donors (Lipinski definition) is 1. The maximum absolute atomic E-state index is 6.49. The van der Waals surface area contributed by atoms with Gasteiger partial charge in [-0.25, -0.2) is 9.97 Å². The van der Waals surface area contributed by atoms with Gasteiger partial charge < -0.3 is 15.5 Å². The van der Waals surface area contributed by atoms with Crippen LogP contribution < -0.4 is 29.6 Å². The molecule has 1 N–H and O–H groups in total. The number of para-hydroxylation sites is 6. The van der Waals surface area contributed by atoms with Gasteiger partial charge in [-0.05, 0) is 173 Å². The molecule has 594 valence electrons. The second kappa shape index (κ2) is 29.6. The average Bonchev–Trinajstić information content (AvgIpc) is 1.51. The summed E-state index contributed by atoms with van der Waals surface area (Å²) in [6.07, 6.45) is 0. The van der Waals surface area contributed by atoms with Crippen molar-refractivity contribution in [3.05, 3.63) is 474 Å². The van der Waals surface area contributed by atoms with Crippen LogP contribution in [0.25, 0.3) is 195 Å². The summed E-state index contributed by atoms with van der Waals surface area (Å²) in [5, 5.41) is 10.0. The number of rotatable bonds is 7. The van der Waals surface area contributed by atoms with Crippen molar-refractivity contribution in [2.45, 2.75) is 10.8 Å². The number of aromatic nitrogens is 10. The molecule has 2 spiro atoms. The molecule has 0 saturated carbocycles. The monoisotopic (exact) mass is 1660 g/mol. The van der Waals surface area contributed by atoms with E-state index in [0.717, 1.165) is 66.4 Å². The maximum Gasteiger partial charge on any atom is 1.00 e. The summed E-state index contributed by atoms with van der Waals surface area (Å²) in [6.45, 7) is 0. The van der Waals surface area contributed by atoms with E-state index < -0.39 is 10.8 Å². The molecule has 0 amide bonds. The average molecular weight is 1660 g/mol. The molecule has 0 bridgehead atoms. The van der Waals surface area contributed by atoms with E-state index in [1.54, 1.807) is 0 Å². The van der Waals surface area contributed by atoms with Crippen LogP contribution in [0.1, 0.15) is 45.9 Å². The number of nitrogens with zero attached hydrogens (tertiary/aromatic N) is 9. The number of hydrogen-bond acceptors (Lipinski definition) is 6. The van der Waals surface area contributed by atoms with E-state index in [-0.39, 0.29) is 36.3 Å². The molecule has 0 saturated heterocycles. The molecule has 10 nitrogen and oxygen atoms in total. The third-order valence-electron chi connectivity index (χ3n) is 26.8. The number of halogens is 1. The van der Waals surface area contributed by atoms with Crippen LogP contribution in [0.15, 0.2) is 425 Å². The van der Waals surface area contributed by atoms with E-state index in [9.17, 15) is 0 Å². The molecule has 12 heteroatoms. The Balaban J connectivity index is 0.000000118. The molecule has 0 radical (unpaired) electrons. The Morgan fingerprint density at radius 1 is 0.219 bits per heavy atom. The van der Waals surface area contributed by atoms with Gasteiger partial charge in [-0.1, -0.05) is 352 Å². The Hall–Kier alpha value is -15.5. The quantitative estimate of drug-likeness (QED) is 0.159. The first-order chi connectivity index (χ1) is 62.9. The van der Waals surface area contributed by atoms with E-state index in [1.807, 2.05) is 48.5 Å². The van der Waals surface area contributed by atoms with Crippen LogP contribution in [-0.4, -0.2) is 48.6 Å². The van der Waals surface area contributed by atoms with Crippen molar-refractivity contribution in [1.29, 1.82) is 0 Å². The Bertz CT molecular complexity index is 8610. The number of fused-ring (bicyclic) bond motifs is 32. The van der Waals surface area contributed by atoms with Crippen LogP contribution >= 0.6 is 11.6 Å². The summed E-state index contributed by atoms with van der Waals surface area (Å²) in [5.74, 6) is 2.97. The van der Waals surface area contributed by atoms with Crippen LogP contribution in [0.2, 0.25) is 5.28 Å². The van der Waals surface area contributed by atoms with Crippen molar-refractivity contribution in [2.75, 3.05) is 0 Å². The van der Waals surface area contributed by atoms with E-state index in [0.29, 0.717) is 29.2 Å². The van der Waals surface area contributed by atoms with Crippen LogP contribution in [-0.2, 0) is 10.8 Å². The standard InChI is InChI=1S/C58H35N5.C34H20ClN3.C24H16N2.Na.H/c1-3-18-36(19-4-1)55-59-56(43-27-17-31-49-54(43)42-26-9-14-30-48(42)58(49)46-28-12-7-22-38(46)39-23-8-13-29-47(39)58)61-57(60-55)63-51-33-16-11-25-41(51)45-34-44-40-24-10-15-32-50(40)62(52(44)35-53(45)63)37-20-5-2-6-21-37;35-33-37-31(21-11-2-1-3-12-21)36-32(38-33)25-16-10-20-29-30(25)24-15-6-9-19-28(24)34(29)26-17-7-4-13-22(26)23-14-5-8-18-27(23)34;1-2-8-16(9-3-1)26-23-13-7-5-11-18(23)20-14-19-17-10-4-6-12-21(17)25-22(19)15-24(20)26;;/h1-35H;1-20H;1-15,25H;;/q;;;+1;-1. The zero-order valence-electron chi connectivity index (χ0n) is 70.3. The fraction of sp³-hybridized carbons (Fsp3) is 0.0172. The third kappa shape index (κ3) is 11.0. The number of H-pyrrole nitrogens is 1. The molecule has 4 aliphatic rings. The van der Waals surface area contributed by atoms with Gasteiger partial charge in [0.25, 0.3) is 0 Å². The minimum absolute atomic E-state index is 0. The van der Waals surface area contributed by atoms with E-state index in [2.05, 4.69) is 405 Å². The van der Waals surface area contributed by atoms with Crippen molar-refractivity contribution in [2.24, 2.45) is 0 Å². The predicted octanol–water partition coefficient (Wildman–Crippen LogP) is 25.5.